The first-order valence-corrected chi connectivity index (χ1v) is 19.6. The number of nitrogens with one attached hydrogen (secondary N) is 1. The molecule has 2 fully saturated rings. The molecule has 0 aliphatic heterocycles. The second-order valence-corrected chi connectivity index (χ2v) is 16.1. The van der Waals surface area contributed by atoms with Crippen LogP contribution >= 0.6 is 11.8 Å². The van der Waals surface area contributed by atoms with Crippen LogP contribution in [0.4, 0.5) is 4.79 Å². The number of rotatable bonds is 14. The second kappa shape index (κ2) is 18.1. The van der Waals surface area contributed by atoms with Gasteiger partial charge in [0.25, 0.3) is 5.91 Å². The number of carbonyl (C=O) groups excluding carboxylic acids is 2. The van der Waals surface area contributed by atoms with E-state index in [4.69, 9.17) is 4.74 Å². The molecular weight excluding hydrogens is 621 g/mol. The van der Waals surface area contributed by atoms with Crippen molar-refractivity contribution < 1.29 is 24.2 Å². The number of nitrogens with zero attached hydrogens (tertiary/aromatic N) is 1. The Morgan fingerprint density at radius 2 is 1.52 bits per heavy atom. The van der Waals surface area contributed by atoms with E-state index in [1.54, 1.807) is 17.8 Å². The lowest BCUT2D eigenvalue weighted by atomic mass is 9.79. The van der Waals surface area contributed by atoms with E-state index in [9.17, 15) is 19.5 Å². The van der Waals surface area contributed by atoms with Gasteiger partial charge in [-0.2, -0.15) is 11.8 Å². The molecule has 0 unspecified atom stereocenters. The van der Waals surface area contributed by atoms with Crippen LogP contribution in [0, 0.1) is 18.8 Å². The van der Waals surface area contributed by atoms with Crippen molar-refractivity contribution in [3.05, 3.63) is 59.2 Å². The topological polar surface area (TPSA) is 95.9 Å². The number of carbonyl (C=O) groups is 3. The molecule has 2 aromatic carbocycles. The van der Waals surface area contributed by atoms with Gasteiger partial charge in [-0.3, -0.25) is 4.79 Å². The number of carboxylic acid groups (broad SMARTS) is 1. The SMILES string of the molecule is CSCC[C@H](NC(=O)c1ccc(CN(C(=O)OC(C)(C)C)C(CC2CCCCC2)CC2CCCCC2)cc1-c1ccccc1C)C(=O)O. The average molecular weight is 679 g/mol. The van der Waals surface area contributed by atoms with E-state index in [1.807, 2.05) is 75.2 Å². The zero-order chi connectivity index (χ0) is 34.7. The summed E-state index contributed by atoms with van der Waals surface area (Å²) >= 11 is 1.55. The fourth-order valence-corrected chi connectivity index (χ4v) is 8.01. The van der Waals surface area contributed by atoms with E-state index in [0.717, 1.165) is 35.1 Å². The third-order valence-electron chi connectivity index (χ3n) is 10.1. The van der Waals surface area contributed by atoms with Crippen LogP contribution in [0.2, 0.25) is 0 Å². The van der Waals surface area contributed by atoms with Crippen molar-refractivity contribution in [3.63, 3.8) is 0 Å². The molecule has 7 nitrogen and oxygen atoms in total. The molecule has 0 heterocycles. The van der Waals surface area contributed by atoms with Gasteiger partial charge in [-0.15, -0.1) is 0 Å². The van der Waals surface area contributed by atoms with E-state index in [1.165, 1.54) is 64.2 Å². The van der Waals surface area contributed by atoms with Crippen molar-refractivity contribution in [2.24, 2.45) is 11.8 Å². The predicted molar refractivity (Wildman–Crippen MR) is 196 cm³/mol. The number of hydrogen-bond acceptors (Lipinski definition) is 5. The number of benzene rings is 2. The van der Waals surface area contributed by atoms with Crippen LogP contribution in [0.1, 0.15) is 126 Å². The van der Waals surface area contributed by atoms with Gasteiger partial charge in [0.05, 0.1) is 0 Å². The molecule has 2 aliphatic carbocycles. The van der Waals surface area contributed by atoms with Crippen LogP contribution in [-0.2, 0) is 16.1 Å². The smallest absolute Gasteiger partial charge is 0.410 e. The molecule has 48 heavy (non-hydrogen) atoms. The lowest BCUT2D eigenvalue weighted by Crippen LogP contribution is -2.45. The largest absolute Gasteiger partial charge is 0.480 e. The Labute approximate surface area is 293 Å². The molecule has 0 aromatic heterocycles. The normalized spacial score (nSPS) is 16.8. The molecule has 0 radical (unpaired) electrons. The van der Waals surface area contributed by atoms with Gasteiger partial charge in [0.2, 0.25) is 0 Å². The standard InChI is InChI=1S/C40H58N2O5S/c1-28-14-12-13-19-33(28)35-26-31(20-21-34(35)37(43)41-36(38(44)45)22-23-48-5)27-42(39(46)47-40(2,3)4)32(24-29-15-8-6-9-16-29)25-30-17-10-7-11-18-30/h12-14,19-21,26,29-30,32,36H,6-11,15-18,22-25,27H2,1-5H3,(H,41,43)(H,44,45)/t36-/m0/s1. The molecule has 2 amide bonds. The van der Waals surface area contributed by atoms with Crippen LogP contribution in [0.15, 0.2) is 42.5 Å². The number of hydrogen-bond donors (Lipinski definition) is 2. The van der Waals surface area contributed by atoms with Crippen molar-refractivity contribution >= 4 is 29.7 Å². The highest BCUT2D eigenvalue weighted by molar-refractivity contribution is 7.98. The Morgan fingerprint density at radius 1 is 0.917 bits per heavy atom. The summed E-state index contributed by atoms with van der Waals surface area (Å²) in [4.78, 5) is 41.8. The summed E-state index contributed by atoms with van der Waals surface area (Å²) in [5, 5.41) is 12.6. The number of thioether (sulfide) groups is 1. The molecule has 264 valence electrons. The minimum Gasteiger partial charge on any atom is -0.480 e. The molecular formula is C40H58N2O5S. The molecule has 1 atom stereocenters. The Kier molecular flexibility index (Phi) is 14.3. The highest BCUT2D eigenvalue weighted by Gasteiger charge is 2.33. The van der Waals surface area contributed by atoms with Gasteiger partial charge in [-0.05, 0) is 105 Å². The van der Waals surface area contributed by atoms with Gasteiger partial charge in [-0.1, -0.05) is 94.5 Å². The third kappa shape index (κ3) is 11.3. The first-order chi connectivity index (χ1) is 22.9. The minimum atomic E-state index is -1.04. The van der Waals surface area contributed by atoms with Gasteiger partial charge >= 0.3 is 12.1 Å². The third-order valence-corrected chi connectivity index (χ3v) is 10.7. The summed E-state index contributed by atoms with van der Waals surface area (Å²) in [5.41, 5.74) is 3.37. The van der Waals surface area contributed by atoms with Gasteiger partial charge in [0.15, 0.2) is 0 Å². The van der Waals surface area contributed by atoms with Crippen molar-refractivity contribution in [3.8, 4) is 11.1 Å². The maximum atomic E-state index is 14.1. The molecule has 4 rings (SSSR count). The zero-order valence-corrected chi connectivity index (χ0v) is 30.7. The molecule has 2 saturated carbocycles. The number of amides is 2. The lowest BCUT2D eigenvalue weighted by Gasteiger charge is -2.38. The highest BCUT2D eigenvalue weighted by Crippen LogP contribution is 2.36. The highest BCUT2D eigenvalue weighted by atomic mass is 32.2. The van der Waals surface area contributed by atoms with E-state index in [0.29, 0.717) is 36.1 Å². The molecule has 2 N–H and O–H groups in total. The Balaban J connectivity index is 1.72. The Bertz CT molecular complexity index is 1340. The summed E-state index contributed by atoms with van der Waals surface area (Å²) in [7, 11) is 0. The average Bonchev–Trinajstić information content (AvgIpc) is 3.05. The Hall–Kier alpha value is -3.00. The quantitative estimate of drug-likeness (QED) is 0.207. The van der Waals surface area contributed by atoms with E-state index in [-0.39, 0.29) is 12.1 Å². The van der Waals surface area contributed by atoms with Crippen molar-refractivity contribution in [1.82, 2.24) is 10.2 Å². The van der Waals surface area contributed by atoms with Gasteiger partial charge in [0.1, 0.15) is 11.6 Å². The molecule has 0 saturated heterocycles. The first-order valence-electron chi connectivity index (χ1n) is 18.2. The van der Waals surface area contributed by atoms with Crippen LogP contribution in [0.3, 0.4) is 0 Å². The lowest BCUT2D eigenvalue weighted by molar-refractivity contribution is -0.139. The molecule has 0 spiro atoms. The van der Waals surface area contributed by atoms with Crippen LogP contribution in [0.5, 0.6) is 0 Å². The monoisotopic (exact) mass is 678 g/mol. The van der Waals surface area contributed by atoms with Crippen LogP contribution in [-0.4, -0.2) is 57.7 Å². The van der Waals surface area contributed by atoms with Crippen LogP contribution < -0.4 is 5.32 Å². The Morgan fingerprint density at radius 3 is 2.06 bits per heavy atom. The minimum absolute atomic E-state index is 0.0729. The summed E-state index contributed by atoms with van der Waals surface area (Å²) < 4.78 is 6.09. The van der Waals surface area contributed by atoms with Crippen molar-refractivity contribution in [1.29, 1.82) is 0 Å². The molecule has 2 aromatic rings. The van der Waals surface area contributed by atoms with E-state index in [2.05, 4.69) is 5.32 Å². The first kappa shape index (κ1) is 37.8. The summed E-state index contributed by atoms with van der Waals surface area (Å²) in [6, 6.07) is 12.8. The predicted octanol–water partition coefficient (Wildman–Crippen LogP) is 9.64. The molecule has 8 heteroatoms. The fourth-order valence-electron chi connectivity index (χ4n) is 7.54. The number of carboxylic acids is 1. The van der Waals surface area contributed by atoms with Gasteiger partial charge in [0, 0.05) is 18.2 Å². The summed E-state index contributed by atoms with van der Waals surface area (Å²) in [6.45, 7) is 8.17. The van der Waals surface area contributed by atoms with Gasteiger partial charge in [-0.25, -0.2) is 9.59 Å². The number of aryl methyl sites for hydroxylation is 1. The molecule has 2 aliphatic rings. The maximum Gasteiger partial charge on any atom is 0.410 e. The van der Waals surface area contributed by atoms with Crippen molar-refractivity contribution in [2.45, 2.75) is 135 Å². The molecule has 0 bridgehead atoms. The second-order valence-electron chi connectivity index (χ2n) is 15.1. The number of ether oxygens (including phenoxy) is 1. The van der Waals surface area contributed by atoms with Crippen LogP contribution in [0.25, 0.3) is 11.1 Å². The van der Waals surface area contributed by atoms with Gasteiger partial charge < -0.3 is 20.1 Å². The summed E-state index contributed by atoms with van der Waals surface area (Å²) in [6.07, 6.45) is 16.5. The maximum absolute atomic E-state index is 14.1. The summed E-state index contributed by atoms with van der Waals surface area (Å²) in [5.74, 6) is 0.397. The number of aliphatic carboxylic acids is 1. The zero-order valence-electron chi connectivity index (χ0n) is 29.9. The van der Waals surface area contributed by atoms with Crippen molar-refractivity contribution in [2.75, 3.05) is 12.0 Å². The van der Waals surface area contributed by atoms with E-state index >= 15 is 0 Å². The van der Waals surface area contributed by atoms with E-state index < -0.39 is 23.5 Å². The fraction of sp³-hybridized carbons (Fsp3) is 0.625.